The van der Waals surface area contributed by atoms with Gasteiger partial charge in [-0.25, -0.2) is 4.79 Å². The van der Waals surface area contributed by atoms with Gasteiger partial charge in [0.05, 0.1) is 10.6 Å². The summed E-state index contributed by atoms with van der Waals surface area (Å²) in [5, 5.41) is 6.83. The minimum absolute atomic E-state index is 0. The second-order valence-electron chi connectivity index (χ2n) is 6.35. The number of benzene rings is 2. The van der Waals surface area contributed by atoms with Gasteiger partial charge in [-0.15, -0.1) is 0 Å². The summed E-state index contributed by atoms with van der Waals surface area (Å²) in [6.45, 7) is 0. The van der Waals surface area contributed by atoms with E-state index in [1.54, 1.807) is 30.3 Å². The first kappa shape index (κ1) is 26.5. The van der Waals surface area contributed by atoms with Crippen molar-refractivity contribution in [2.45, 2.75) is 6.18 Å². The first-order valence-electron chi connectivity index (χ1n) is 9.06. The summed E-state index contributed by atoms with van der Waals surface area (Å²) in [5.41, 5.74) is -0.547. The van der Waals surface area contributed by atoms with Crippen molar-refractivity contribution >= 4 is 64.5 Å². The summed E-state index contributed by atoms with van der Waals surface area (Å²) >= 11 is 5.57. The minimum atomic E-state index is -4.64. The number of pyridine rings is 1. The Hall–Kier alpha value is -2.79. The Labute approximate surface area is 214 Å². The number of ether oxygens (including phenoxy) is 1. The third-order valence-corrected chi connectivity index (χ3v) is 4.40. The molecule has 12 heteroatoms. The fourth-order valence-electron chi connectivity index (χ4n) is 2.58. The standard InChI is InChI=1S/C21H16ClF3N4O3.Na.H/c1-26-19(30)18-11-15(8-9-27-18)32-14-5-2-12(3-6-14)28-20(31)29-13-4-7-17(22)16(10-13)21(23,24)25;;/h2-11H,1H3,(H,26,30)(H2,28,29,31);;. The van der Waals surface area contributed by atoms with Gasteiger partial charge in [0, 0.05) is 30.7 Å². The molecule has 0 fully saturated rings. The molecule has 3 rings (SSSR count). The molecule has 0 aliphatic rings. The summed E-state index contributed by atoms with van der Waals surface area (Å²) in [6.07, 6.45) is -3.21. The average molecular weight is 489 g/mol. The van der Waals surface area contributed by atoms with Crippen molar-refractivity contribution in [2.75, 3.05) is 17.7 Å². The van der Waals surface area contributed by atoms with Crippen LogP contribution in [0, 0.1) is 0 Å². The molecule has 0 aliphatic heterocycles. The van der Waals surface area contributed by atoms with Gasteiger partial charge in [-0.05, 0) is 48.5 Å². The summed E-state index contributed by atoms with van der Waals surface area (Å²) in [7, 11) is 1.49. The first-order chi connectivity index (χ1) is 15.2. The molecule has 3 N–H and O–H groups in total. The Morgan fingerprint density at radius 2 is 1.58 bits per heavy atom. The Balaban J connectivity index is 0.00000385. The van der Waals surface area contributed by atoms with Crippen LogP contribution in [-0.2, 0) is 6.18 Å². The number of halogens is 4. The maximum absolute atomic E-state index is 12.9. The van der Waals surface area contributed by atoms with E-state index in [2.05, 4.69) is 20.9 Å². The quantitative estimate of drug-likeness (QED) is 0.445. The van der Waals surface area contributed by atoms with Crippen molar-refractivity contribution in [1.82, 2.24) is 10.3 Å². The Bertz CT molecular complexity index is 1140. The van der Waals surface area contributed by atoms with Crippen LogP contribution in [0.4, 0.5) is 29.3 Å². The second-order valence-corrected chi connectivity index (χ2v) is 6.76. The monoisotopic (exact) mass is 488 g/mol. The molecule has 0 unspecified atom stereocenters. The molecule has 1 heterocycles. The number of alkyl halides is 3. The van der Waals surface area contributed by atoms with Crippen molar-refractivity contribution in [1.29, 1.82) is 0 Å². The van der Waals surface area contributed by atoms with Crippen LogP contribution < -0.4 is 20.7 Å². The van der Waals surface area contributed by atoms with E-state index in [0.29, 0.717) is 17.2 Å². The average Bonchev–Trinajstić information content (AvgIpc) is 2.75. The summed E-state index contributed by atoms with van der Waals surface area (Å²) in [4.78, 5) is 27.7. The van der Waals surface area contributed by atoms with Crippen molar-refractivity contribution in [2.24, 2.45) is 0 Å². The zero-order chi connectivity index (χ0) is 23.3. The summed E-state index contributed by atoms with van der Waals surface area (Å²) in [5.74, 6) is 0.460. The predicted molar refractivity (Wildman–Crippen MR) is 120 cm³/mol. The summed E-state index contributed by atoms with van der Waals surface area (Å²) < 4.78 is 44.5. The number of carbonyl (C=O) groups is 2. The molecule has 7 nitrogen and oxygen atoms in total. The Kier molecular flexibility index (Phi) is 9.12. The van der Waals surface area contributed by atoms with Crippen LogP contribution in [-0.4, -0.2) is 53.5 Å². The van der Waals surface area contributed by atoms with Crippen LogP contribution in [0.3, 0.4) is 0 Å². The Morgan fingerprint density at radius 1 is 0.939 bits per heavy atom. The second kappa shape index (κ2) is 11.4. The van der Waals surface area contributed by atoms with Crippen LogP contribution in [0.25, 0.3) is 0 Å². The van der Waals surface area contributed by atoms with Crippen LogP contribution in [0.2, 0.25) is 5.02 Å². The number of nitrogens with one attached hydrogen (secondary N) is 3. The number of hydrogen-bond acceptors (Lipinski definition) is 4. The maximum atomic E-state index is 12.9. The van der Waals surface area contributed by atoms with Gasteiger partial charge in [0.15, 0.2) is 0 Å². The van der Waals surface area contributed by atoms with E-state index in [0.717, 1.165) is 12.1 Å². The molecule has 168 valence electrons. The predicted octanol–water partition coefficient (Wildman–Crippen LogP) is 4.90. The van der Waals surface area contributed by atoms with E-state index >= 15 is 0 Å². The van der Waals surface area contributed by atoms with Crippen molar-refractivity contribution in [3.63, 3.8) is 0 Å². The van der Waals surface area contributed by atoms with E-state index in [1.807, 2.05) is 0 Å². The molecule has 0 saturated heterocycles. The number of anilines is 2. The van der Waals surface area contributed by atoms with Crippen molar-refractivity contribution in [3.8, 4) is 11.5 Å². The Morgan fingerprint density at radius 3 is 2.21 bits per heavy atom. The SMILES string of the molecule is CNC(=O)c1cc(Oc2ccc(NC(=O)Nc3ccc(Cl)c(C(F)(F)F)c3)cc2)ccn1.[NaH]. The van der Waals surface area contributed by atoms with Crippen LogP contribution in [0.15, 0.2) is 60.8 Å². The number of urea groups is 1. The van der Waals surface area contributed by atoms with Crippen LogP contribution in [0.5, 0.6) is 11.5 Å². The zero-order valence-electron chi connectivity index (χ0n) is 16.5. The number of rotatable bonds is 5. The van der Waals surface area contributed by atoms with Gasteiger partial charge in [-0.3, -0.25) is 9.78 Å². The number of aromatic nitrogens is 1. The number of nitrogens with zero attached hydrogens (tertiary/aromatic N) is 1. The first-order valence-corrected chi connectivity index (χ1v) is 9.44. The fourth-order valence-corrected chi connectivity index (χ4v) is 2.81. The molecule has 0 atom stereocenters. The molecule has 0 radical (unpaired) electrons. The molecule has 3 amide bonds. The third kappa shape index (κ3) is 7.36. The van der Waals surface area contributed by atoms with Gasteiger partial charge in [0.2, 0.25) is 0 Å². The number of hydrogen-bond donors (Lipinski definition) is 3. The van der Waals surface area contributed by atoms with E-state index < -0.39 is 22.8 Å². The molecule has 0 saturated carbocycles. The van der Waals surface area contributed by atoms with E-state index in [-0.39, 0.29) is 46.8 Å². The molecular formula is C21H17ClF3N4NaO3. The molecule has 2 aromatic carbocycles. The van der Waals surface area contributed by atoms with Gasteiger partial charge in [-0.1, -0.05) is 11.6 Å². The fraction of sp³-hybridized carbons (Fsp3) is 0.0952. The van der Waals surface area contributed by atoms with Gasteiger partial charge >= 0.3 is 41.8 Å². The normalized spacial score (nSPS) is 10.6. The third-order valence-electron chi connectivity index (χ3n) is 4.07. The van der Waals surface area contributed by atoms with Gasteiger partial charge in [0.1, 0.15) is 17.2 Å². The molecule has 0 spiro atoms. The number of carbonyl (C=O) groups excluding carboxylic acids is 2. The number of amides is 3. The van der Waals surface area contributed by atoms with Crippen molar-refractivity contribution in [3.05, 3.63) is 77.1 Å². The topological polar surface area (TPSA) is 92.4 Å². The van der Waals surface area contributed by atoms with E-state index in [9.17, 15) is 22.8 Å². The van der Waals surface area contributed by atoms with E-state index in [4.69, 9.17) is 16.3 Å². The van der Waals surface area contributed by atoms with Crippen LogP contribution in [0.1, 0.15) is 16.1 Å². The molecule has 1 aromatic heterocycles. The van der Waals surface area contributed by atoms with Gasteiger partial charge in [-0.2, -0.15) is 13.2 Å². The summed E-state index contributed by atoms with van der Waals surface area (Å²) in [6, 6.07) is 11.6. The van der Waals surface area contributed by atoms with Gasteiger partial charge < -0.3 is 20.7 Å². The molecular weight excluding hydrogens is 472 g/mol. The van der Waals surface area contributed by atoms with E-state index in [1.165, 1.54) is 25.4 Å². The van der Waals surface area contributed by atoms with Gasteiger partial charge in [0.25, 0.3) is 5.91 Å². The van der Waals surface area contributed by atoms with Crippen molar-refractivity contribution < 1.29 is 27.5 Å². The molecule has 0 bridgehead atoms. The zero-order valence-corrected chi connectivity index (χ0v) is 17.2. The molecule has 3 aromatic rings. The molecule has 0 aliphatic carbocycles. The molecule has 33 heavy (non-hydrogen) atoms. The van der Waals surface area contributed by atoms with Crippen LogP contribution >= 0.6 is 11.6 Å².